The number of halogens is 6. The molecule has 1 aliphatic heterocycles. The number of hydrogen-bond donors (Lipinski definition) is 0. The van der Waals surface area contributed by atoms with Gasteiger partial charge >= 0.3 is 12.4 Å². The lowest BCUT2D eigenvalue weighted by molar-refractivity contribution is -0.138. The minimum Gasteiger partial charge on any atom is -0.299 e. The molecule has 1 saturated heterocycles. The Balaban J connectivity index is 1.70. The van der Waals surface area contributed by atoms with Crippen LogP contribution in [0.5, 0.6) is 0 Å². The van der Waals surface area contributed by atoms with E-state index in [2.05, 4.69) is 24.8 Å². The van der Waals surface area contributed by atoms with E-state index in [1.165, 1.54) is 12.1 Å². The average molecular weight is 604 g/mol. The highest BCUT2D eigenvalue weighted by Gasteiger charge is 2.33. The average Bonchev–Trinajstić information content (AvgIpc) is 2.95. The smallest absolute Gasteiger partial charge is 0.299 e. The third kappa shape index (κ3) is 8.08. The van der Waals surface area contributed by atoms with Crippen molar-refractivity contribution in [1.82, 2.24) is 4.90 Å². The summed E-state index contributed by atoms with van der Waals surface area (Å²) in [4.78, 5) is 15.1. The number of rotatable bonds is 9. The number of benzene rings is 3. The van der Waals surface area contributed by atoms with E-state index in [0.29, 0.717) is 18.5 Å². The van der Waals surface area contributed by atoms with E-state index in [-0.39, 0.29) is 29.6 Å². The molecule has 0 aromatic heterocycles. The number of ketones is 1. The number of carbonyl (C=O) groups excluding carboxylic acids is 1. The van der Waals surface area contributed by atoms with E-state index in [4.69, 9.17) is 0 Å². The SMILES string of the molecule is CCC(c1ccc(C(F)(F)F)cc1)N1CCCC(c2cc(-c3ccc(C(F)(F)F)cc3)cc([C@@H](CC(C)C)C(C)=O)c2)C1. The molecule has 8 heteroatoms. The van der Waals surface area contributed by atoms with E-state index in [0.717, 1.165) is 72.3 Å². The highest BCUT2D eigenvalue weighted by molar-refractivity contribution is 5.84. The lowest BCUT2D eigenvalue weighted by atomic mass is 9.81. The normalized spacial score (nSPS) is 18.1. The van der Waals surface area contributed by atoms with Crippen molar-refractivity contribution in [3.05, 3.63) is 94.5 Å². The van der Waals surface area contributed by atoms with Gasteiger partial charge in [0.25, 0.3) is 0 Å². The third-order valence-corrected chi connectivity index (χ3v) is 8.50. The van der Waals surface area contributed by atoms with E-state index in [9.17, 15) is 31.1 Å². The third-order valence-electron chi connectivity index (χ3n) is 8.50. The first-order valence-corrected chi connectivity index (χ1v) is 14.9. The number of likely N-dealkylation sites (tertiary alicyclic amines) is 1. The molecule has 1 fully saturated rings. The van der Waals surface area contributed by atoms with Crippen LogP contribution in [0.15, 0.2) is 66.7 Å². The Morgan fingerprint density at radius 1 is 0.837 bits per heavy atom. The number of piperidine rings is 1. The van der Waals surface area contributed by atoms with Crippen LogP contribution in [0.3, 0.4) is 0 Å². The second kappa shape index (κ2) is 13.2. The van der Waals surface area contributed by atoms with Gasteiger partial charge in [-0.25, -0.2) is 0 Å². The highest BCUT2D eigenvalue weighted by atomic mass is 19.4. The molecule has 0 saturated carbocycles. The van der Waals surface area contributed by atoms with Crippen LogP contribution in [0.2, 0.25) is 0 Å². The Bertz CT molecular complexity index is 1380. The second-order valence-corrected chi connectivity index (χ2v) is 12.1. The molecule has 2 nitrogen and oxygen atoms in total. The van der Waals surface area contributed by atoms with Crippen LogP contribution in [0.1, 0.15) is 99.1 Å². The van der Waals surface area contributed by atoms with Crippen LogP contribution >= 0.6 is 0 Å². The Morgan fingerprint density at radius 3 is 1.93 bits per heavy atom. The van der Waals surface area contributed by atoms with Crippen molar-refractivity contribution in [2.75, 3.05) is 13.1 Å². The van der Waals surface area contributed by atoms with Gasteiger partial charge in [-0.15, -0.1) is 0 Å². The molecule has 1 heterocycles. The Hall–Kier alpha value is -3.13. The molecule has 3 aromatic carbocycles. The molecule has 4 rings (SSSR count). The first-order chi connectivity index (χ1) is 20.2. The Labute approximate surface area is 250 Å². The summed E-state index contributed by atoms with van der Waals surface area (Å²) < 4.78 is 79.2. The maximum Gasteiger partial charge on any atom is 0.416 e. The van der Waals surface area contributed by atoms with E-state index in [1.807, 2.05) is 19.1 Å². The summed E-state index contributed by atoms with van der Waals surface area (Å²) in [6, 6.07) is 16.5. The van der Waals surface area contributed by atoms with Crippen LogP contribution in [-0.4, -0.2) is 23.8 Å². The van der Waals surface area contributed by atoms with Crippen molar-refractivity contribution in [3.63, 3.8) is 0 Å². The van der Waals surface area contributed by atoms with E-state index >= 15 is 0 Å². The van der Waals surface area contributed by atoms with Crippen LogP contribution in [0.4, 0.5) is 26.3 Å². The molecule has 0 N–H and O–H groups in total. The molecule has 3 atom stereocenters. The minimum absolute atomic E-state index is 0.0443. The van der Waals surface area contributed by atoms with Gasteiger partial charge in [0, 0.05) is 18.5 Å². The highest BCUT2D eigenvalue weighted by Crippen LogP contribution is 2.39. The lowest BCUT2D eigenvalue weighted by Gasteiger charge is -2.39. The van der Waals surface area contributed by atoms with Gasteiger partial charge in [0.1, 0.15) is 5.78 Å². The molecule has 3 aromatic rings. The molecule has 0 bridgehead atoms. The molecular formula is C35H39F6NO. The monoisotopic (exact) mass is 603 g/mol. The summed E-state index contributed by atoms with van der Waals surface area (Å²) in [7, 11) is 0. The Kier molecular flexibility index (Phi) is 10.1. The largest absolute Gasteiger partial charge is 0.416 e. The molecule has 0 amide bonds. The van der Waals surface area contributed by atoms with E-state index in [1.54, 1.807) is 19.1 Å². The van der Waals surface area contributed by atoms with Crippen molar-refractivity contribution in [2.45, 2.75) is 83.6 Å². The minimum atomic E-state index is -4.43. The van der Waals surface area contributed by atoms with Crippen LogP contribution < -0.4 is 0 Å². The topological polar surface area (TPSA) is 20.3 Å². The van der Waals surface area contributed by atoms with Crippen molar-refractivity contribution in [2.24, 2.45) is 5.92 Å². The van der Waals surface area contributed by atoms with Crippen molar-refractivity contribution in [3.8, 4) is 11.1 Å². The summed E-state index contributed by atoms with van der Waals surface area (Å²) >= 11 is 0. The molecule has 1 aliphatic rings. The fourth-order valence-corrected chi connectivity index (χ4v) is 6.30. The van der Waals surface area contributed by atoms with Crippen LogP contribution in [0.25, 0.3) is 11.1 Å². The number of carbonyl (C=O) groups is 1. The maximum atomic E-state index is 13.2. The second-order valence-electron chi connectivity index (χ2n) is 12.1. The van der Waals surface area contributed by atoms with Gasteiger partial charge in [0.2, 0.25) is 0 Å². The quantitative estimate of drug-likeness (QED) is 0.227. The number of nitrogens with zero attached hydrogens (tertiary/aromatic N) is 1. The standard InChI is InChI=1S/C35H39F6NO/c1-5-33(25-10-14-31(15-11-25)35(39,40)41)42-16-6-7-26(21-42)28-18-27(24-8-12-30(13-9-24)34(36,37)38)19-29(20-28)32(23(4)43)17-22(2)3/h8-15,18-20,22,26,32-33H,5-7,16-17,21H2,1-4H3/t26?,32-,33?/m0/s1. The number of alkyl halides is 6. The first-order valence-electron chi connectivity index (χ1n) is 14.9. The summed E-state index contributed by atoms with van der Waals surface area (Å²) in [5, 5.41) is 0. The fraction of sp³-hybridized carbons (Fsp3) is 0.457. The molecule has 2 unspecified atom stereocenters. The van der Waals surface area contributed by atoms with Crippen LogP contribution in [-0.2, 0) is 17.1 Å². The van der Waals surface area contributed by atoms with Crippen LogP contribution in [0, 0.1) is 5.92 Å². The molecule has 0 radical (unpaired) electrons. The lowest BCUT2D eigenvalue weighted by Crippen LogP contribution is -2.37. The molecule has 43 heavy (non-hydrogen) atoms. The van der Waals surface area contributed by atoms with Crippen molar-refractivity contribution < 1.29 is 31.1 Å². The van der Waals surface area contributed by atoms with Gasteiger partial charge in [-0.05, 0) is 103 Å². The van der Waals surface area contributed by atoms with E-state index < -0.39 is 23.5 Å². The summed E-state index contributed by atoms with van der Waals surface area (Å²) in [6.07, 6.45) is -5.64. The predicted molar refractivity (Wildman–Crippen MR) is 158 cm³/mol. The zero-order valence-corrected chi connectivity index (χ0v) is 25.0. The first kappa shape index (κ1) is 32.8. The molecule has 0 aliphatic carbocycles. The molecular weight excluding hydrogens is 564 g/mol. The van der Waals surface area contributed by atoms with Gasteiger partial charge in [-0.3, -0.25) is 9.69 Å². The van der Waals surface area contributed by atoms with Crippen molar-refractivity contribution in [1.29, 1.82) is 0 Å². The zero-order chi connectivity index (χ0) is 31.5. The summed E-state index contributed by atoms with van der Waals surface area (Å²) in [5.41, 5.74) is 2.75. The summed E-state index contributed by atoms with van der Waals surface area (Å²) in [5.74, 6) is 0.0783. The van der Waals surface area contributed by atoms with Gasteiger partial charge in [0.05, 0.1) is 11.1 Å². The molecule has 0 spiro atoms. The fourth-order valence-electron chi connectivity index (χ4n) is 6.30. The van der Waals surface area contributed by atoms with Gasteiger partial charge in [0.15, 0.2) is 0 Å². The number of hydrogen-bond acceptors (Lipinski definition) is 2. The Morgan fingerprint density at radius 2 is 1.42 bits per heavy atom. The summed E-state index contributed by atoms with van der Waals surface area (Å²) in [6.45, 7) is 9.22. The van der Waals surface area contributed by atoms with Gasteiger partial charge in [-0.2, -0.15) is 26.3 Å². The van der Waals surface area contributed by atoms with Crippen molar-refractivity contribution >= 4 is 5.78 Å². The zero-order valence-electron chi connectivity index (χ0n) is 25.0. The number of Topliss-reactive ketones (excluding diaryl/α,β-unsaturated/α-hetero) is 1. The van der Waals surface area contributed by atoms with Gasteiger partial charge in [-0.1, -0.05) is 63.2 Å². The predicted octanol–water partition coefficient (Wildman–Crippen LogP) is 10.4. The van der Waals surface area contributed by atoms with Gasteiger partial charge < -0.3 is 0 Å². The molecule has 232 valence electrons. The maximum absolute atomic E-state index is 13.2.